The molecule has 0 unspecified atom stereocenters. The number of hydrogen-bond donors (Lipinski definition) is 2. The summed E-state index contributed by atoms with van der Waals surface area (Å²) in [5.41, 5.74) is 8.72. The van der Waals surface area contributed by atoms with Crippen molar-refractivity contribution in [3.63, 3.8) is 0 Å². The predicted molar refractivity (Wildman–Crippen MR) is 181 cm³/mol. The molecule has 0 saturated heterocycles. The average Bonchev–Trinajstić information content (AvgIpc) is 2.92. The molecular weight excluding hydrogens is 676 g/mol. The zero-order chi connectivity index (χ0) is 30.2. The Morgan fingerprint density at radius 3 is 1.57 bits per heavy atom. The minimum absolute atomic E-state index is 0. The Balaban J connectivity index is 0.000000171. The third-order valence-corrected chi connectivity index (χ3v) is 16.0. The zero-order valence-electron chi connectivity index (χ0n) is 26.7. The number of benzene rings is 2. The Morgan fingerprint density at radius 2 is 1.20 bits per heavy atom. The van der Waals surface area contributed by atoms with E-state index in [-0.39, 0.29) is 28.3 Å². The van der Waals surface area contributed by atoms with Crippen molar-refractivity contribution in [1.82, 2.24) is 0 Å². The SMILES string of the molecule is CCCCP(C12CC3CC(CC(C3)C1)C2)C12CC3CC(CC(C3)C1)C2.CS(=O)(=O)O.Nc1ccccc1-c1[c-]cccc1.[Pd]. The molecule has 2 aromatic rings. The smallest absolute Gasteiger partial charge is 0.261 e. The van der Waals surface area contributed by atoms with E-state index < -0.39 is 10.1 Å². The van der Waals surface area contributed by atoms with E-state index in [2.05, 4.69) is 13.0 Å². The summed E-state index contributed by atoms with van der Waals surface area (Å²) in [6.07, 6.45) is 25.3. The second kappa shape index (κ2) is 14.2. The van der Waals surface area contributed by atoms with Crippen molar-refractivity contribution in [1.29, 1.82) is 0 Å². The summed E-state index contributed by atoms with van der Waals surface area (Å²) >= 11 is 0. The molecule has 8 saturated carbocycles. The molecule has 4 nitrogen and oxygen atoms in total. The van der Waals surface area contributed by atoms with Crippen LogP contribution in [0.4, 0.5) is 5.69 Å². The molecule has 0 aromatic heterocycles. The van der Waals surface area contributed by atoms with Crippen LogP contribution in [0.25, 0.3) is 11.1 Å². The van der Waals surface area contributed by atoms with Crippen LogP contribution in [0.1, 0.15) is 96.8 Å². The van der Waals surface area contributed by atoms with Crippen molar-refractivity contribution < 1.29 is 33.4 Å². The number of nitrogens with two attached hydrogens (primary N) is 1. The maximum atomic E-state index is 9.19. The largest absolute Gasteiger partial charge is 0.406 e. The standard InChI is InChI=1S/C24H39P.C12H10N.CH4O3S.Pd/c1-2-3-4-25(23-11-17-5-18(12-23)7-19(6-17)13-23)24-14-20-8-21(15-24)10-22(9-20)16-24;13-12-9-5-4-8-11(12)10-6-2-1-3-7-10;1-5(2,3)4;/h17-22H,2-16H2,1H3;1-6,8-9H,13H2;1H3,(H,2,3,4);/q;-1;;. The van der Waals surface area contributed by atoms with Crippen molar-refractivity contribution in [3.05, 3.63) is 54.6 Å². The van der Waals surface area contributed by atoms with Gasteiger partial charge >= 0.3 is 0 Å². The number of hydrogen-bond acceptors (Lipinski definition) is 3. The summed E-state index contributed by atoms with van der Waals surface area (Å²) in [5.74, 6) is 6.95. The summed E-state index contributed by atoms with van der Waals surface area (Å²) < 4.78 is 25.9. The second-order valence-electron chi connectivity index (χ2n) is 15.4. The summed E-state index contributed by atoms with van der Waals surface area (Å²) in [6, 6.07) is 18.8. The Bertz CT molecular complexity index is 1230. The summed E-state index contributed by atoms with van der Waals surface area (Å²) in [4.78, 5) is 0. The Hall–Kier alpha value is -0.758. The van der Waals surface area contributed by atoms with Crippen molar-refractivity contribution in [2.45, 2.75) is 107 Å². The first kappa shape index (κ1) is 34.6. The van der Waals surface area contributed by atoms with Crippen molar-refractivity contribution in [3.8, 4) is 11.1 Å². The minimum Gasteiger partial charge on any atom is -0.406 e. The molecule has 8 aliphatic carbocycles. The topological polar surface area (TPSA) is 80.4 Å². The Labute approximate surface area is 282 Å². The van der Waals surface area contributed by atoms with Crippen LogP contribution in [-0.2, 0) is 30.5 Å². The third kappa shape index (κ3) is 7.85. The molecule has 8 aliphatic rings. The summed E-state index contributed by atoms with van der Waals surface area (Å²) in [5, 5.41) is 1.76. The van der Waals surface area contributed by atoms with Gasteiger partial charge in [-0.25, -0.2) is 0 Å². The van der Waals surface area contributed by atoms with Crippen LogP contribution in [0.2, 0.25) is 0 Å². The van der Waals surface area contributed by atoms with E-state index in [1.807, 2.05) is 48.5 Å². The molecule has 0 aliphatic heterocycles. The van der Waals surface area contributed by atoms with E-state index in [9.17, 15) is 8.42 Å². The number of para-hydroxylation sites is 1. The number of nitrogen functional groups attached to an aromatic ring is 1. The Kier molecular flexibility index (Phi) is 11.1. The molecule has 8 fully saturated rings. The van der Waals surface area contributed by atoms with Gasteiger partial charge in [0.1, 0.15) is 0 Å². The van der Waals surface area contributed by atoms with Gasteiger partial charge in [0, 0.05) is 20.4 Å². The molecule has 44 heavy (non-hydrogen) atoms. The molecule has 0 amide bonds. The van der Waals surface area contributed by atoms with E-state index >= 15 is 0 Å². The quantitative estimate of drug-likeness (QED) is 0.102. The van der Waals surface area contributed by atoms with Crippen molar-refractivity contribution in [2.75, 3.05) is 18.2 Å². The van der Waals surface area contributed by atoms with Crippen LogP contribution in [0.3, 0.4) is 0 Å². The van der Waals surface area contributed by atoms with Gasteiger partial charge in [0.05, 0.1) is 6.26 Å². The maximum Gasteiger partial charge on any atom is 0.261 e. The van der Waals surface area contributed by atoms with Crippen LogP contribution in [-0.4, -0.2) is 35.7 Å². The molecule has 3 N–H and O–H groups in total. The number of unbranched alkanes of at least 4 members (excludes halogenated alkanes) is 1. The van der Waals surface area contributed by atoms with Gasteiger partial charge in [-0.3, -0.25) is 4.55 Å². The Morgan fingerprint density at radius 1 is 0.795 bits per heavy atom. The molecule has 10 rings (SSSR count). The monoisotopic (exact) mass is 728 g/mol. The molecule has 0 spiro atoms. The molecule has 8 bridgehead atoms. The third-order valence-electron chi connectivity index (χ3n) is 11.9. The fourth-order valence-corrected chi connectivity index (χ4v) is 16.8. The van der Waals surface area contributed by atoms with Crippen LogP contribution < -0.4 is 5.73 Å². The molecule has 2 aromatic carbocycles. The first-order chi connectivity index (χ1) is 20.5. The van der Waals surface area contributed by atoms with Crippen LogP contribution in [0.5, 0.6) is 0 Å². The van der Waals surface area contributed by atoms with Crippen LogP contribution in [0, 0.1) is 41.6 Å². The van der Waals surface area contributed by atoms with Gasteiger partial charge < -0.3 is 5.73 Å². The predicted octanol–water partition coefficient (Wildman–Crippen LogP) is 9.44. The first-order valence-corrected chi connectivity index (χ1v) is 20.4. The molecule has 246 valence electrons. The normalized spacial score (nSPS) is 36.3. The van der Waals surface area contributed by atoms with Gasteiger partial charge in [-0.2, -0.15) is 8.42 Å². The summed E-state index contributed by atoms with van der Waals surface area (Å²) in [7, 11) is -3.38. The van der Waals surface area contributed by atoms with Gasteiger partial charge in [-0.1, -0.05) is 45.0 Å². The molecular formula is C37H53NO3PPdS-. The van der Waals surface area contributed by atoms with E-state index in [4.69, 9.17) is 10.3 Å². The van der Waals surface area contributed by atoms with E-state index in [1.165, 1.54) is 6.42 Å². The maximum absolute atomic E-state index is 9.19. The minimum atomic E-state index is -3.67. The zero-order valence-corrected chi connectivity index (χ0v) is 30.0. The van der Waals surface area contributed by atoms with E-state index in [0.29, 0.717) is 6.26 Å². The fraction of sp³-hybridized carbons (Fsp3) is 0.676. The molecule has 0 radical (unpaired) electrons. The van der Waals surface area contributed by atoms with E-state index in [0.717, 1.165) is 62.6 Å². The van der Waals surface area contributed by atoms with Crippen LogP contribution in [0.15, 0.2) is 48.5 Å². The van der Waals surface area contributed by atoms with Gasteiger partial charge in [-0.15, -0.1) is 35.9 Å². The molecule has 0 atom stereocenters. The number of anilines is 1. The van der Waals surface area contributed by atoms with Gasteiger partial charge in [0.15, 0.2) is 0 Å². The van der Waals surface area contributed by atoms with Crippen molar-refractivity contribution >= 4 is 23.7 Å². The average molecular weight is 729 g/mol. The number of rotatable bonds is 6. The first-order valence-electron chi connectivity index (χ1n) is 17.1. The fourth-order valence-electron chi connectivity index (χ4n) is 11.4. The second-order valence-corrected chi connectivity index (χ2v) is 20.1. The van der Waals surface area contributed by atoms with Crippen LogP contribution >= 0.6 is 7.92 Å². The molecule has 0 heterocycles. The summed E-state index contributed by atoms with van der Waals surface area (Å²) in [6.45, 7) is 2.45. The van der Waals surface area contributed by atoms with Gasteiger partial charge in [0.25, 0.3) is 10.1 Å². The molecule has 7 heteroatoms. The van der Waals surface area contributed by atoms with Gasteiger partial charge in [0.2, 0.25) is 0 Å². The van der Waals surface area contributed by atoms with Crippen molar-refractivity contribution in [2.24, 2.45) is 35.5 Å². The van der Waals surface area contributed by atoms with Gasteiger partial charge in [-0.05, 0) is 147 Å². The van der Waals surface area contributed by atoms with E-state index in [1.54, 1.807) is 89.6 Å².